The van der Waals surface area contributed by atoms with Gasteiger partial charge in [0.15, 0.2) is 0 Å². The molecule has 0 saturated heterocycles. The van der Waals surface area contributed by atoms with Gasteiger partial charge in [-0.3, -0.25) is 0 Å². The molecule has 0 fully saturated rings. The summed E-state index contributed by atoms with van der Waals surface area (Å²) in [7, 11) is 0. The summed E-state index contributed by atoms with van der Waals surface area (Å²) in [4.78, 5) is 0. The molecule has 90 valence electrons. The minimum absolute atomic E-state index is 0.174. The maximum Gasteiger partial charge on any atom is 0.145 e. The third-order valence-corrected chi connectivity index (χ3v) is 3.44. The maximum atomic E-state index is 5.86. The van der Waals surface area contributed by atoms with Gasteiger partial charge in [-0.05, 0) is 22.0 Å². The van der Waals surface area contributed by atoms with E-state index in [0.717, 1.165) is 0 Å². The van der Waals surface area contributed by atoms with Crippen molar-refractivity contribution in [3.8, 4) is 0 Å². The van der Waals surface area contributed by atoms with Gasteiger partial charge in [-0.15, -0.1) is 0 Å². The Labute approximate surface area is 98.8 Å². The Hall–Kier alpha value is -0.920. The summed E-state index contributed by atoms with van der Waals surface area (Å²) in [6, 6.07) is 0.342. The van der Waals surface area contributed by atoms with Crippen LogP contribution in [0, 0.1) is 10.8 Å². The van der Waals surface area contributed by atoms with Crippen molar-refractivity contribution in [1.29, 1.82) is 0 Å². The summed E-state index contributed by atoms with van der Waals surface area (Å²) in [5, 5.41) is 3.48. The monoisotopic (exact) mass is 221 g/mol. The average Bonchev–Trinajstić information content (AvgIpc) is 2.54. The smallest absolute Gasteiger partial charge is 0.145 e. The van der Waals surface area contributed by atoms with Crippen molar-refractivity contribution in [1.82, 2.24) is 5.32 Å². The highest BCUT2D eigenvalue weighted by molar-refractivity contribution is 5.36. The lowest BCUT2D eigenvalue weighted by molar-refractivity contribution is 0.173. The summed E-state index contributed by atoms with van der Waals surface area (Å²) >= 11 is 0. The molecule has 0 saturated carbocycles. The van der Waals surface area contributed by atoms with Crippen LogP contribution < -0.4 is 5.32 Å². The van der Waals surface area contributed by atoms with Crippen LogP contribution in [0.3, 0.4) is 0 Å². The molecule has 16 heavy (non-hydrogen) atoms. The van der Waals surface area contributed by atoms with Crippen LogP contribution in [0.1, 0.15) is 41.5 Å². The van der Waals surface area contributed by atoms with E-state index in [1.165, 1.54) is 11.1 Å². The van der Waals surface area contributed by atoms with Gasteiger partial charge in [0.2, 0.25) is 0 Å². The van der Waals surface area contributed by atoms with E-state index in [4.69, 9.17) is 4.74 Å². The predicted molar refractivity (Wildman–Crippen MR) is 66.9 cm³/mol. The van der Waals surface area contributed by atoms with Gasteiger partial charge < -0.3 is 10.1 Å². The zero-order chi connectivity index (χ0) is 12.1. The normalized spacial score (nSPS) is 29.1. The molecule has 2 heteroatoms. The second-order valence-corrected chi connectivity index (χ2v) is 6.87. The lowest BCUT2D eigenvalue weighted by atomic mass is 9.78. The van der Waals surface area contributed by atoms with E-state index in [1.807, 2.05) is 6.26 Å². The first-order valence-electron chi connectivity index (χ1n) is 6.04. The van der Waals surface area contributed by atoms with Crippen molar-refractivity contribution in [3.63, 3.8) is 0 Å². The summed E-state index contributed by atoms with van der Waals surface area (Å²) in [6.45, 7) is 13.4. The molecule has 2 nitrogen and oxygen atoms in total. The van der Waals surface area contributed by atoms with Crippen molar-refractivity contribution < 1.29 is 4.74 Å². The van der Waals surface area contributed by atoms with Crippen molar-refractivity contribution >= 4 is 0 Å². The van der Waals surface area contributed by atoms with Gasteiger partial charge in [0.25, 0.3) is 0 Å². The van der Waals surface area contributed by atoms with E-state index < -0.39 is 0 Å². The van der Waals surface area contributed by atoms with Crippen molar-refractivity contribution in [2.24, 2.45) is 10.8 Å². The van der Waals surface area contributed by atoms with Gasteiger partial charge in [-0.2, -0.15) is 0 Å². The fourth-order valence-corrected chi connectivity index (χ4v) is 2.44. The Morgan fingerprint density at radius 1 is 1.00 bits per heavy atom. The fourth-order valence-electron chi connectivity index (χ4n) is 2.44. The Kier molecular flexibility index (Phi) is 2.37. The Morgan fingerprint density at radius 3 is 2.06 bits per heavy atom. The first-order valence-corrected chi connectivity index (χ1v) is 6.04. The van der Waals surface area contributed by atoms with E-state index in [9.17, 15) is 0 Å². The van der Waals surface area contributed by atoms with E-state index in [0.29, 0.717) is 6.04 Å². The van der Waals surface area contributed by atoms with Gasteiger partial charge in [0.05, 0.1) is 12.3 Å². The highest BCUT2D eigenvalue weighted by Crippen LogP contribution is 2.43. The minimum atomic E-state index is 0.174. The summed E-state index contributed by atoms with van der Waals surface area (Å²) in [6.07, 6.45) is 4.31. The molecule has 0 spiro atoms. The lowest BCUT2D eigenvalue weighted by Crippen LogP contribution is -2.36. The number of rotatable bonds is 0. The number of ether oxygens (including phenoxy) is 1. The Balaban J connectivity index is 2.20. The van der Waals surface area contributed by atoms with Gasteiger partial charge in [0, 0.05) is 6.20 Å². The lowest BCUT2D eigenvalue weighted by Gasteiger charge is -2.28. The second kappa shape index (κ2) is 3.28. The quantitative estimate of drug-likeness (QED) is 0.678. The number of hydrogen-bond acceptors (Lipinski definition) is 2. The SMILES string of the molecule is CC(C)(C)C1=COC2C(C(C)(C)C)=CNC12. The number of nitrogens with one attached hydrogen (secondary N) is 1. The largest absolute Gasteiger partial charge is 0.491 e. The highest BCUT2D eigenvalue weighted by atomic mass is 16.5. The molecule has 2 atom stereocenters. The molecule has 0 aliphatic carbocycles. The molecule has 1 N–H and O–H groups in total. The zero-order valence-corrected chi connectivity index (χ0v) is 11.2. The molecule has 2 aliphatic rings. The standard InChI is InChI=1S/C14H23NO/c1-13(2,3)9-7-15-11-10(14(4,5)6)8-16-12(9)11/h7-8,11-12,15H,1-6H3. The van der Waals surface area contributed by atoms with Crippen LogP contribution in [0.5, 0.6) is 0 Å². The molecule has 0 radical (unpaired) electrons. The van der Waals surface area contributed by atoms with E-state index in [1.54, 1.807) is 0 Å². The van der Waals surface area contributed by atoms with Gasteiger partial charge in [-0.1, -0.05) is 41.5 Å². The van der Waals surface area contributed by atoms with Gasteiger partial charge in [-0.25, -0.2) is 0 Å². The zero-order valence-electron chi connectivity index (χ0n) is 11.2. The number of fused-ring (bicyclic) bond motifs is 1. The predicted octanol–water partition coefficient (Wildman–Crippen LogP) is 3.22. The third-order valence-electron chi connectivity index (χ3n) is 3.44. The van der Waals surface area contributed by atoms with Crippen molar-refractivity contribution in [3.05, 3.63) is 23.6 Å². The first kappa shape index (κ1) is 11.6. The van der Waals surface area contributed by atoms with Crippen LogP contribution in [0.15, 0.2) is 23.6 Å². The molecule has 2 aliphatic heterocycles. The average molecular weight is 221 g/mol. The van der Waals surface area contributed by atoms with Crippen LogP contribution in [0.25, 0.3) is 0 Å². The first-order chi connectivity index (χ1) is 7.21. The van der Waals surface area contributed by atoms with Gasteiger partial charge in [0.1, 0.15) is 6.10 Å². The van der Waals surface area contributed by atoms with E-state index >= 15 is 0 Å². The van der Waals surface area contributed by atoms with E-state index in [-0.39, 0.29) is 16.9 Å². The third kappa shape index (κ3) is 1.74. The molecule has 0 amide bonds. The Morgan fingerprint density at radius 2 is 1.56 bits per heavy atom. The van der Waals surface area contributed by atoms with E-state index in [2.05, 4.69) is 53.1 Å². The molecule has 0 aromatic carbocycles. The second-order valence-electron chi connectivity index (χ2n) is 6.87. The van der Waals surface area contributed by atoms with Gasteiger partial charge >= 0.3 is 0 Å². The fraction of sp³-hybridized carbons (Fsp3) is 0.714. The highest BCUT2D eigenvalue weighted by Gasteiger charge is 2.44. The molecular weight excluding hydrogens is 198 g/mol. The van der Waals surface area contributed by atoms with Crippen LogP contribution in [-0.2, 0) is 4.74 Å². The Bertz CT molecular complexity index is 316. The van der Waals surface area contributed by atoms with Crippen molar-refractivity contribution in [2.45, 2.75) is 53.7 Å². The molecule has 2 heterocycles. The van der Waals surface area contributed by atoms with Crippen LogP contribution in [0.2, 0.25) is 0 Å². The summed E-state index contributed by atoms with van der Waals surface area (Å²) in [5.41, 5.74) is 3.09. The van der Waals surface area contributed by atoms with Crippen LogP contribution in [-0.4, -0.2) is 12.1 Å². The molecule has 2 unspecified atom stereocenters. The molecule has 2 rings (SSSR count). The number of hydrogen-bond donors (Lipinski definition) is 1. The maximum absolute atomic E-state index is 5.86. The molecular formula is C14H23NO. The summed E-state index contributed by atoms with van der Waals surface area (Å²) < 4.78 is 5.86. The topological polar surface area (TPSA) is 21.3 Å². The molecule has 0 aromatic rings. The van der Waals surface area contributed by atoms with Crippen LogP contribution in [0.4, 0.5) is 0 Å². The minimum Gasteiger partial charge on any atom is -0.491 e. The molecule has 0 aromatic heterocycles. The van der Waals surface area contributed by atoms with Crippen molar-refractivity contribution in [2.75, 3.05) is 0 Å². The summed E-state index contributed by atoms with van der Waals surface area (Å²) in [5.74, 6) is 0. The molecule has 0 bridgehead atoms. The van der Waals surface area contributed by atoms with Crippen LogP contribution >= 0.6 is 0 Å².